The molecule has 0 aliphatic carbocycles. The van der Waals surface area contributed by atoms with Crippen LogP contribution < -0.4 is 10.2 Å². The molecule has 5 heteroatoms. The number of hydrogen-bond acceptors (Lipinski definition) is 3. The highest BCUT2D eigenvalue weighted by atomic mass is 32.1. The summed E-state index contributed by atoms with van der Waals surface area (Å²) in [5, 5.41) is 4.95. The van der Waals surface area contributed by atoms with Crippen molar-refractivity contribution >= 4 is 28.8 Å². The Morgan fingerprint density at radius 3 is 2.84 bits per heavy atom. The predicted molar refractivity (Wildman–Crippen MR) is 102 cm³/mol. The predicted octanol–water partition coefficient (Wildman–Crippen LogP) is 3.93. The highest BCUT2D eigenvalue weighted by Crippen LogP contribution is 2.33. The minimum absolute atomic E-state index is 0.0343. The van der Waals surface area contributed by atoms with Gasteiger partial charge in [0.25, 0.3) is 0 Å². The first-order chi connectivity index (χ1) is 12.1. The standard InChI is InChI=1S/C20H24N2O2S/c1-3-14(2)17-8-4-5-9-18(17)22-13-15(11-19(22)23)20(24)21-12-16-7-6-10-25-16/h4-10,14-15H,3,11-13H2,1-2H3,(H,21,24). The fraction of sp³-hybridized carbons (Fsp3) is 0.400. The summed E-state index contributed by atoms with van der Waals surface area (Å²) >= 11 is 1.62. The van der Waals surface area contributed by atoms with Crippen LogP contribution in [-0.2, 0) is 16.1 Å². The van der Waals surface area contributed by atoms with Crippen molar-refractivity contribution in [1.82, 2.24) is 5.32 Å². The molecular weight excluding hydrogens is 332 g/mol. The summed E-state index contributed by atoms with van der Waals surface area (Å²) in [6.45, 7) is 5.31. The van der Waals surface area contributed by atoms with Gasteiger partial charge in [-0.2, -0.15) is 0 Å². The number of carbonyl (C=O) groups excluding carboxylic acids is 2. The molecule has 3 rings (SSSR count). The maximum absolute atomic E-state index is 12.5. The summed E-state index contributed by atoms with van der Waals surface area (Å²) in [5.41, 5.74) is 2.13. The van der Waals surface area contributed by atoms with Gasteiger partial charge in [-0.1, -0.05) is 38.1 Å². The monoisotopic (exact) mass is 356 g/mol. The van der Waals surface area contributed by atoms with Crippen LogP contribution in [0.3, 0.4) is 0 Å². The van der Waals surface area contributed by atoms with E-state index in [9.17, 15) is 9.59 Å². The van der Waals surface area contributed by atoms with Gasteiger partial charge in [0.1, 0.15) is 0 Å². The number of thiophene rings is 1. The molecular formula is C20H24N2O2S. The van der Waals surface area contributed by atoms with Crippen LogP contribution in [0.5, 0.6) is 0 Å². The summed E-state index contributed by atoms with van der Waals surface area (Å²) < 4.78 is 0. The summed E-state index contributed by atoms with van der Waals surface area (Å²) in [4.78, 5) is 27.9. The van der Waals surface area contributed by atoms with Crippen LogP contribution in [0, 0.1) is 5.92 Å². The van der Waals surface area contributed by atoms with E-state index < -0.39 is 0 Å². The lowest BCUT2D eigenvalue weighted by molar-refractivity contribution is -0.126. The number of para-hydroxylation sites is 1. The molecule has 1 aromatic heterocycles. The maximum atomic E-state index is 12.5. The molecule has 1 N–H and O–H groups in total. The normalized spacial score (nSPS) is 18.4. The average Bonchev–Trinajstić information content (AvgIpc) is 3.28. The van der Waals surface area contributed by atoms with Crippen LogP contribution in [0.4, 0.5) is 5.69 Å². The molecule has 1 fully saturated rings. The number of benzene rings is 1. The van der Waals surface area contributed by atoms with Crippen molar-refractivity contribution in [2.75, 3.05) is 11.4 Å². The molecule has 1 aliphatic rings. The van der Waals surface area contributed by atoms with Crippen LogP contribution >= 0.6 is 11.3 Å². The van der Waals surface area contributed by atoms with Crippen LogP contribution in [0.1, 0.15) is 43.0 Å². The Kier molecular flexibility index (Phi) is 5.53. The first-order valence-corrected chi connectivity index (χ1v) is 9.67. The van der Waals surface area contributed by atoms with Gasteiger partial charge in [0.2, 0.25) is 11.8 Å². The first-order valence-electron chi connectivity index (χ1n) is 8.79. The fourth-order valence-corrected chi connectivity index (χ4v) is 3.86. The Hall–Kier alpha value is -2.14. The van der Waals surface area contributed by atoms with Crippen LogP contribution in [0.15, 0.2) is 41.8 Å². The van der Waals surface area contributed by atoms with E-state index in [2.05, 4.69) is 25.2 Å². The molecule has 2 unspecified atom stereocenters. The van der Waals surface area contributed by atoms with E-state index in [0.29, 0.717) is 19.0 Å². The van der Waals surface area contributed by atoms with Crippen molar-refractivity contribution < 1.29 is 9.59 Å². The van der Waals surface area contributed by atoms with E-state index in [-0.39, 0.29) is 24.2 Å². The van der Waals surface area contributed by atoms with Crippen molar-refractivity contribution in [3.63, 3.8) is 0 Å². The minimum atomic E-state index is -0.280. The molecule has 132 valence electrons. The molecule has 25 heavy (non-hydrogen) atoms. The zero-order valence-electron chi connectivity index (χ0n) is 14.7. The zero-order valence-corrected chi connectivity index (χ0v) is 15.5. The molecule has 0 saturated carbocycles. The first kappa shape index (κ1) is 17.7. The number of rotatable bonds is 6. The van der Waals surface area contributed by atoms with Gasteiger partial charge in [-0.15, -0.1) is 11.3 Å². The molecule has 0 spiro atoms. The molecule has 2 amide bonds. The van der Waals surface area contributed by atoms with E-state index in [1.807, 2.05) is 35.7 Å². The van der Waals surface area contributed by atoms with Gasteiger partial charge in [0.05, 0.1) is 12.5 Å². The number of anilines is 1. The van der Waals surface area contributed by atoms with E-state index in [4.69, 9.17) is 0 Å². The van der Waals surface area contributed by atoms with Crippen molar-refractivity contribution in [3.05, 3.63) is 52.2 Å². The minimum Gasteiger partial charge on any atom is -0.351 e. The average molecular weight is 356 g/mol. The number of amides is 2. The molecule has 2 atom stereocenters. The fourth-order valence-electron chi connectivity index (χ4n) is 3.22. The lowest BCUT2D eigenvalue weighted by atomic mass is 9.96. The summed E-state index contributed by atoms with van der Waals surface area (Å²) in [6, 6.07) is 12.0. The van der Waals surface area contributed by atoms with Crippen molar-refractivity contribution in [2.45, 2.75) is 39.2 Å². The number of nitrogens with one attached hydrogen (secondary N) is 1. The molecule has 2 heterocycles. The summed E-state index contributed by atoms with van der Waals surface area (Å²) in [7, 11) is 0. The molecule has 1 aromatic carbocycles. The molecule has 1 saturated heterocycles. The largest absolute Gasteiger partial charge is 0.351 e. The van der Waals surface area contributed by atoms with Gasteiger partial charge in [0.15, 0.2) is 0 Å². The summed E-state index contributed by atoms with van der Waals surface area (Å²) in [6.07, 6.45) is 1.30. The van der Waals surface area contributed by atoms with Gasteiger partial charge in [-0.3, -0.25) is 9.59 Å². The van der Waals surface area contributed by atoms with Crippen molar-refractivity contribution in [2.24, 2.45) is 5.92 Å². The lowest BCUT2D eigenvalue weighted by Crippen LogP contribution is -2.32. The smallest absolute Gasteiger partial charge is 0.227 e. The van der Waals surface area contributed by atoms with Crippen LogP contribution in [0.25, 0.3) is 0 Å². The van der Waals surface area contributed by atoms with Gasteiger partial charge in [0, 0.05) is 23.5 Å². The summed E-state index contributed by atoms with van der Waals surface area (Å²) in [5.74, 6) is 0.102. The Morgan fingerprint density at radius 2 is 2.12 bits per heavy atom. The number of nitrogens with zero attached hydrogens (tertiary/aromatic N) is 1. The third kappa shape index (κ3) is 3.93. The number of carbonyl (C=O) groups is 2. The van der Waals surface area contributed by atoms with Gasteiger partial charge >= 0.3 is 0 Å². The van der Waals surface area contributed by atoms with E-state index in [1.54, 1.807) is 16.2 Å². The SMILES string of the molecule is CCC(C)c1ccccc1N1CC(C(=O)NCc2cccs2)CC1=O. The Bertz CT molecular complexity index is 742. The number of hydrogen-bond donors (Lipinski definition) is 1. The Morgan fingerprint density at radius 1 is 1.32 bits per heavy atom. The molecule has 0 bridgehead atoms. The highest BCUT2D eigenvalue weighted by molar-refractivity contribution is 7.09. The van der Waals surface area contributed by atoms with E-state index in [0.717, 1.165) is 17.0 Å². The molecule has 2 aromatic rings. The van der Waals surface area contributed by atoms with E-state index >= 15 is 0 Å². The highest BCUT2D eigenvalue weighted by Gasteiger charge is 2.36. The second-order valence-electron chi connectivity index (χ2n) is 6.57. The molecule has 0 radical (unpaired) electrons. The third-order valence-electron chi connectivity index (χ3n) is 4.88. The molecule has 4 nitrogen and oxygen atoms in total. The lowest BCUT2D eigenvalue weighted by Gasteiger charge is -2.23. The van der Waals surface area contributed by atoms with Gasteiger partial charge in [-0.25, -0.2) is 0 Å². The molecule has 1 aliphatic heterocycles. The van der Waals surface area contributed by atoms with Crippen LogP contribution in [-0.4, -0.2) is 18.4 Å². The van der Waals surface area contributed by atoms with Crippen LogP contribution in [0.2, 0.25) is 0 Å². The van der Waals surface area contributed by atoms with E-state index in [1.165, 1.54) is 5.56 Å². The van der Waals surface area contributed by atoms with Gasteiger partial charge in [-0.05, 0) is 35.4 Å². The van der Waals surface area contributed by atoms with Crippen molar-refractivity contribution in [1.29, 1.82) is 0 Å². The second-order valence-corrected chi connectivity index (χ2v) is 7.60. The topological polar surface area (TPSA) is 49.4 Å². The van der Waals surface area contributed by atoms with Gasteiger partial charge < -0.3 is 10.2 Å². The second kappa shape index (κ2) is 7.83. The quantitative estimate of drug-likeness (QED) is 0.852. The Labute approximate surface area is 152 Å². The Balaban J connectivity index is 1.69. The van der Waals surface area contributed by atoms with Crippen molar-refractivity contribution in [3.8, 4) is 0 Å². The maximum Gasteiger partial charge on any atom is 0.227 e. The third-order valence-corrected chi connectivity index (χ3v) is 5.76. The zero-order chi connectivity index (χ0) is 17.8.